The second kappa shape index (κ2) is 6.44. The zero-order valence-corrected chi connectivity index (χ0v) is 13.4. The van der Waals surface area contributed by atoms with E-state index < -0.39 is 0 Å². The first-order valence-corrected chi connectivity index (χ1v) is 7.89. The summed E-state index contributed by atoms with van der Waals surface area (Å²) in [6, 6.07) is 8.62. The van der Waals surface area contributed by atoms with Crippen molar-refractivity contribution in [3.63, 3.8) is 0 Å². The van der Waals surface area contributed by atoms with Gasteiger partial charge in [-0.05, 0) is 30.3 Å². The minimum atomic E-state index is -0.301. The Morgan fingerprint density at radius 3 is 2.77 bits per heavy atom. The van der Waals surface area contributed by atoms with E-state index in [0.29, 0.717) is 21.4 Å². The normalized spacial score (nSPS) is 10.5. The van der Waals surface area contributed by atoms with Crippen molar-refractivity contribution in [2.75, 3.05) is 5.32 Å². The minimum absolute atomic E-state index is 0.301. The van der Waals surface area contributed by atoms with Gasteiger partial charge in [0.15, 0.2) is 0 Å². The number of nitrogens with zero attached hydrogens (tertiary/aromatic N) is 2. The van der Waals surface area contributed by atoms with E-state index in [1.807, 2.05) is 12.1 Å². The molecule has 0 atom stereocenters. The number of hydrogen-bond donors (Lipinski definition) is 1. The third-order valence-electron chi connectivity index (χ3n) is 2.82. The molecular formula is C15H9Cl2N3OS. The van der Waals surface area contributed by atoms with Gasteiger partial charge in [-0.3, -0.25) is 9.78 Å². The molecule has 3 aromatic rings. The molecule has 0 aliphatic rings. The summed E-state index contributed by atoms with van der Waals surface area (Å²) < 4.78 is 0. The van der Waals surface area contributed by atoms with Gasteiger partial charge in [0.25, 0.3) is 5.91 Å². The van der Waals surface area contributed by atoms with Crippen LogP contribution in [0.4, 0.5) is 5.69 Å². The van der Waals surface area contributed by atoms with Gasteiger partial charge < -0.3 is 5.32 Å². The molecule has 1 N–H and O–H groups in total. The highest BCUT2D eigenvalue weighted by atomic mass is 35.5. The van der Waals surface area contributed by atoms with E-state index >= 15 is 0 Å². The van der Waals surface area contributed by atoms with Gasteiger partial charge >= 0.3 is 0 Å². The summed E-state index contributed by atoms with van der Waals surface area (Å²) in [5.41, 5.74) is 1.78. The number of thiazole rings is 1. The van der Waals surface area contributed by atoms with Crippen molar-refractivity contribution >= 4 is 46.1 Å². The van der Waals surface area contributed by atoms with Crippen LogP contribution in [0.5, 0.6) is 0 Å². The average molecular weight is 350 g/mol. The maximum atomic E-state index is 12.2. The Bertz CT molecular complexity index is 821. The van der Waals surface area contributed by atoms with Crippen molar-refractivity contribution in [3.05, 3.63) is 63.8 Å². The number of pyridine rings is 1. The Morgan fingerprint density at radius 1 is 1.18 bits per heavy atom. The Hall–Kier alpha value is -1.95. The third kappa shape index (κ3) is 3.27. The van der Waals surface area contributed by atoms with Crippen LogP contribution in [0.25, 0.3) is 10.6 Å². The zero-order chi connectivity index (χ0) is 15.5. The topological polar surface area (TPSA) is 54.9 Å². The summed E-state index contributed by atoms with van der Waals surface area (Å²) in [5.74, 6) is -0.301. The molecular weight excluding hydrogens is 341 g/mol. The Kier molecular flexibility index (Phi) is 4.38. The molecule has 2 heterocycles. The molecule has 7 heteroatoms. The second-order valence-electron chi connectivity index (χ2n) is 4.36. The van der Waals surface area contributed by atoms with Crippen LogP contribution in [0.3, 0.4) is 0 Å². The molecule has 110 valence electrons. The van der Waals surface area contributed by atoms with Crippen LogP contribution in [0.1, 0.15) is 10.5 Å². The number of amides is 1. The van der Waals surface area contributed by atoms with E-state index in [1.165, 1.54) is 11.3 Å². The molecule has 22 heavy (non-hydrogen) atoms. The Labute approximate surface area is 140 Å². The minimum Gasteiger partial charge on any atom is -0.321 e. The van der Waals surface area contributed by atoms with Crippen molar-refractivity contribution in [1.82, 2.24) is 9.97 Å². The van der Waals surface area contributed by atoms with E-state index in [4.69, 9.17) is 23.2 Å². The molecule has 1 amide bonds. The molecule has 0 spiro atoms. The number of hydrogen-bond acceptors (Lipinski definition) is 4. The van der Waals surface area contributed by atoms with Gasteiger partial charge in [0.05, 0.1) is 10.0 Å². The van der Waals surface area contributed by atoms with E-state index in [0.717, 1.165) is 10.6 Å². The largest absolute Gasteiger partial charge is 0.321 e. The summed E-state index contributed by atoms with van der Waals surface area (Å²) in [5, 5.41) is 6.00. The smallest absolute Gasteiger partial charge is 0.275 e. The van der Waals surface area contributed by atoms with Crippen molar-refractivity contribution in [1.29, 1.82) is 0 Å². The van der Waals surface area contributed by atoms with E-state index in [-0.39, 0.29) is 5.91 Å². The lowest BCUT2D eigenvalue weighted by Gasteiger charge is -2.04. The predicted octanol–water partition coefficient (Wildman–Crippen LogP) is 4.76. The summed E-state index contributed by atoms with van der Waals surface area (Å²) in [6.45, 7) is 0. The highest BCUT2D eigenvalue weighted by Crippen LogP contribution is 2.26. The molecule has 1 aromatic carbocycles. The molecule has 4 nitrogen and oxygen atoms in total. The van der Waals surface area contributed by atoms with E-state index in [1.54, 1.807) is 36.0 Å². The molecule has 0 radical (unpaired) electrons. The number of benzene rings is 1. The first-order chi connectivity index (χ1) is 10.6. The van der Waals surface area contributed by atoms with Gasteiger partial charge in [-0.1, -0.05) is 23.2 Å². The molecule has 0 saturated heterocycles. The van der Waals surface area contributed by atoms with Crippen LogP contribution in [0, 0.1) is 0 Å². The number of carbonyl (C=O) groups is 1. The lowest BCUT2D eigenvalue weighted by Crippen LogP contribution is -2.12. The molecule has 0 aliphatic carbocycles. The molecule has 0 unspecified atom stereocenters. The number of aromatic nitrogens is 2. The van der Waals surface area contributed by atoms with Crippen molar-refractivity contribution in [2.45, 2.75) is 0 Å². The number of nitrogens with one attached hydrogen (secondary N) is 1. The van der Waals surface area contributed by atoms with Crippen molar-refractivity contribution in [3.8, 4) is 10.6 Å². The Balaban J connectivity index is 1.78. The van der Waals surface area contributed by atoms with Crippen LogP contribution < -0.4 is 5.32 Å². The maximum Gasteiger partial charge on any atom is 0.275 e. The lowest BCUT2D eigenvalue weighted by atomic mass is 10.3. The summed E-state index contributed by atoms with van der Waals surface area (Å²) >= 11 is 13.2. The third-order valence-corrected chi connectivity index (χ3v) is 4.45. The van der Waals surface area contributed by atoms with Crippen LogP contribution in [-0.2, 0) is 0 Å². The van der Waals surface area contributed by atoms with Gasteiger partial charge in [0, 0.05) is 29.0 Å². The summed E-state index contributed by atoms with van der Waals surface area (Å²) in [7, 11) is 0. The molecule has 0 aliphatic heterocycles. The van der Waals surface area contributed by atoms with Crippen LogP contribution in [-0.4, -0.2) is 15.9 Å². The zero-order valence-electron chi connectivity index (χ0n) is 11.1. The molecule has 0 saturated carbocycles. The van der Waals surface area contributed by atoms with Crippen LogP contribution in [0.2, 0.25) is 10.0 Å². The fourth-order valence-corrected chi connectivity index (χ4v) is 2.86. The number of carbonyl (C=O) groups excluding carboxylic acids is 1. The highest BCUT2D eigenvalue weighted by molar-refractivity contribution is 7.13. The summed E-state index contributed by atoms with van der Waals surface area (Å²) in [4.78, 5) is 20.6. The lowest BCUT2D eigenvalue weighted by molar-refractivity contribution is 0.102. The predicted molar refractivity (Wildman–Crippen MR) is 89.8 cm³/mol. The van der Waals surface area contributed by atoms with Gasteiger partial charge in [-0.2, -0.15) is 0 Å². The highest BCUT2D eigenvalue weighted by Gasteiger charge is 2.12. The van der Waals surface area contributed by atoms with Crippen LogP contribution in [0.15, 0.2) is 48.1 Å². The van der Waals surface area contributed by atoms with Crippen molar-refractivity contribution < 1.29 is 4.79 Å². The number of anilines is 1. The van der Waals surface area contributed by atoms with E-state index in [9.17, 15) is 4.79 Å². The fourth-order valence-electron chi connectivity index (χ4n) is 1.77. The van der Waals surface area contributed by atoms with E-state index in [2.05, 4.69) is 15.3 Å². The first kappa shape index (κ1) is 15.0. The maximum absolute atomic E-state index is 12.2. The van der Waals surface area contributed by atoms with Crippen LogP contribution >= 0.6 is 34.5 Å². The SMILES string of the molecule is O=C(Nc1ccc(Cl)c(Cl)c1)c1csc(-c2cccnc2)n1. The number of halogens is 2. The molecule has 2 aromatic heterocycles. The summed E-state index contributed by atoms with van der Waals surface area (Å²) in [6.07, 6.45) is 3.40. The first-order valence-electron chi connectivity index (χ1n) is 6.26. The standard InChI is InChI=1S/C15H9Cl2N3OS/c16-11-4-3-10(6-12(11)17)19-14(21)13-8-22-15(20-13)9-2-1-5-18-7-9/h1-8H,(H,19,21). The Morgan fingerprint density at radius 2 is 2.05 bits per heavy atom. The van der Waals surface area contributed by atoms with Gasteiger partial charge in [0.2, 0.25) is 0 Å². The molecule has 0 fully saturated rings. The number of rotatable bonds is 3. The molecule has 0 bridgehead atoms. The quantitative estimate of drug-likeness (QED) is 0.741. The monoisotopic (exact) mass is 349 g/mol. The van der Waals surface area contributed by atoms with Gasteiger partial charge in [0.1, 0.15) is 10.7 Å². The molecule has 3 rings (SSSR count). The van der Waals surface area contributed by atoms with Crippen molar-refractivity contribution in [2.24, 2.45) is 0 Å². The average Bonchev–Trinajstić information content (AvgIpc) is 3.02. The van der Waals surface area contributed by atoms with Gasteiger partial charge in [-0.25, -0.2) is 4.98 Å². The van der Waals surface area contributed by atoms with Gasteiger partial charge in [-0.15, -0.1) is 11.3 Å². The second-order valence-corrected chi connectivity index (χ2v) is 6.04. The fraction of sp³-hybridized carbons (Fsp3) is 0.